The number of nitrogens with zero attached hydrogens (tertiary/aromatic N) is 2. The average molecular weight is 412 g/mol. The maximum atomic E-state index is 13.0. The first-order valence-electron chi connectivity index (χ1n) is 11.7. The van der Waals surface area contributed by atoms with E-state index in [0.717, 1.165) is 82.4 Å². The summed E-state index contributed by atoms with van der Waals surface area (Å²) in [6.45, 7) is 4.18. The number of fused-ring (bicyclic) bond motifs is 1. The van der Waals surface area contributed by atoms with E-state index >= 15 is 0 Å². The Hall–Kier alpha value is -2.08. The zero-order valence-electron chi connectivity index (χ0n) is 17.7. The Labute approximate surface area is 178 Å². The van der Waals surface area contributed by atoms with E-state index < -0.39 is 0 Å². The number of hydrogen-bond donors (Lipinski definition) is 1. The molecule has 0 bridgehead atoms. The predicted octanol–water partition coefficient (Wildman–Crippen LogP) is 2.22. The predicted molar refractivity (Wildman–Crippen MR) is 114 cm³/mol. The van der Waals surface area contributed by atoms with Crippen LogP contribution in [0.2, 0.25) is 0 Å². The van der Waals surface area contributed by atoms with Gasteiger partial charge >= 0.3 is 0 Å². The lowest BCUT2D eigenvalue weighted by Crippen LogP contribution is -2.51. The molecule has 1 atom stereocenters. The van der Waals surface area contributed by atoms with Gasteiger partial charge in [0, 0.05) is 31.1 Å². The molecule has 1 aromatic carbocycles. The number of rotatable bonds is 4. The standard InChI is InChI=1S/C24H33N3O3/c28-23(25-20-5-6-20)17-7-11-26(12-8-17)21-9-13-27(14-10-21)24(29)19-15-18-3-1-2-4-22(18)30-16-19/h1-4,17,19-21H,5-16H2,(H,25,28). The van der Waals surface area contributed by atoms with Gasteiger partial charge in [-0.2, -0.15) is 0 Å². The Morgan fingerprint density at radius 2 is 1.63 bits per heavy atom. The molecule has 2 saturated heterocycles. The van der Waals surface area contributed by atoms with Gasteiger partial charge in [-0.1, -0.05) is 18.2 Å². The molecule has 0 spiro atoms. The van der Waals surface area contributed by atoms with Crippen molar-refractivity contribution in [3.05, 3.63) is 29.8 Å². The summed E-state index contributed by atoms with van der Waals surface area (Å²) in [5.74, 6) is 1.58. The molecule has 4 aliphatic rings. The van der Waals surface area contributed by atoms with Crippen LogP contribution in [0.3, 0.4) is 0 Å². The molecule has 1 aliphatic carbocycles. The summed E-state index contributed by atoms with van der Waals surface area (Å²) in [6.07, 6.45) is 7.10. The molecule has 1 unspecified atom stereocenters. The fourth-order valence-electron chi connectivity index (χ4n) is 5.27. The third-order valence-corrected chi connectivity index (χ3v) is 7.34. The van der Waals surface area contributed by atoms with Gasteiger partial charge in [0.05, 0.1) is 5.92 Å². The van der Waals surface area contributed by atoms with E-state index in [1.54, 1.807) is 0 Å². The third kappa shape index (κ3) is 4.34. The van der Waals surface area contributed by atoms with Gasteiger partial charge in [-0.05, 0) is 69.7 Å². The summed E-state index contributed by atoms with van der Waals surface area (Å²) < 4.78 is 5.83. The van der Waals surface area contributed by atoms with Crippen LogP contribution in [0, 0.1) is 11.8 Å². The largest absolute Gasteiger partial charge is 0.492 e. The van der Waals surface area contributed by atoms with Crippen molar-refractivity contribution in [1.29, 1.82) is 0 Å². The molecule has 162 valence electrons. The van der Waals surface area contributed by atoms with E-state index in [4.69, 9.17) is 4.74 Å². The number of carbonyl (C=O) groups excluding carboxylic acids is 2. The minimum Gasteiger partial charge on any atom is -0.492 e. The lowest BCUT2D eigenvalue weighted by molar-refractivity contribution is -0.139. The lowest BCUT2D eigenvalue weighted by Gasteiger charge is -2.42. The maximum absolute atomic E-state index is 13.0. The van der Waals surface area contributed by atoms with Crippen LogP contribution in [-0.4, -0.2) is 66.5 Å². The van der Waals surface area contributed by atoms with Gasteiger partial charge in [0.15, 0.2) is 0 Å². The normalized spacial score (nSPS) is 26.0. The molecule has 3 aliphatic heterocycles. The molecule has 1 aromatic rings. The van der Waals surface area contributed by atoms with Gasteiger partial charge in [-0.25, -0.2) is 0 Å². The first kappa shape index (κ1) is 19.9. The second-order valence-electron chi connectivity index (χ2n) is 9.47. The van der Waals surface area contributed by atoms with Crippen LogP contribution in [0.4, 0.5) is 0 Å². The first-order valence-corrected chi connectivity index (χ1v) is 11.7. The smallest absolute Gasteiger partial charge is 0.229 e. The van der Waals surface area contributed by atoms with Crippen LogP contribution in [0.1, 0.15) is 44.1 Å². The van der Waals surface area contributed by atoms with E-state index in [9.17, 15) is 9.59 Å². The quantitative estimate of drug-likeness (QED) is 0.825. The van der Waals surface area contributed by atoms with Crippen molar-refractivity contribution >= 4 is 11.8 Å². The summed E-state index contributed by atoms with van der Waals surface area (Å²) in [7, 11) is 0. The van der Waals surface area contributed by atoms with Gasteiger partial charge in [0.25, 0.3) is 0 Å². The van der Waals surface area contributed by atoms with Gasteiger partial charge in [0.2, 0.25) is 11.8 Å². The zero-order valence-corrected chi connectivity index (χ0v) is 17.7. The molecule has 0 radical (unpaired) electrons. The highest BCUT2D eigenvalue weighted by Crippen LogP contribution is 2.30. The lowest BCUT2D eigenvalue weighted by atomic mass is 9.91. The van der Waals surface area contributed by atoms with Crippen LogP contribution >= 0.6 is 0 Å². The highest BCUT2D eigenvalue weighted by Gasteiger charge is 2.35. The molecule has 30 heavy (non-hydrogen) atoms. The molecule has 6 nitrogen and oxygen atoms in total. The molecular formula is C24H33N3O3. The van der Waals surface area contributed by atoms with Crippen molar-refractivity contribution in [2.24, 2.45) is 11.8 Å². The number of ether oxygens (including phenoxy) is 1. The molecule has 3 fully saturated rings. The van der Waals surface area contributed by atoms with Crippen LogP contribution in [0.25, 0.3) is 0 Å². The van der Waals surface area contributed by atoms with E-state index in [0.29, 0.717) is 18.7 Å². The number of carbonyl (C=O) groups is 2. The van der Waals surface area contributed by atoms with E-state index in [1.807, 2.05) is 23.1 Å². The van der Waals surface area contributed by atoms with Gasteiger partial charge in [-0.3, -0.25) is 9.59 Å². The van der Waals surface area contributed by atoms with Crippen molar-refractivity contribution in [3.8, 4) is 5.75 Å². The van der Waals surface area contributed by atoms with E-state index in [-0.39, 0.29) is 23.7 Å². The van der Waals surface area contributed by atoms with E-state index in [2.05, 4.69) is 16.3 Å². The molecular weight excluding hydrogens is 378 g/mol. The number of likely N-dealkylation sites (tertiary alicyclic amines) is 2. The van der Waals surface area contributed by atoms with Crippen LogP contribution < -0.4 is 10.1 Å². The zero-order chi connectivity index (χ0) is 20.5. The SMILES string of the molecule is O=C(NC1CC1)C1CCN(C2CCN(C(=O)C3COc4ccccc4C3)CC2)CC1. The number of amides is 2. The monoisotopic (exact) mass is 411 g/mol. The Bertz CT molecular complexity index is 778. The van der Waals surface area contributed by atoms with Crippen LogP contribution in [0.15, 0.2) is 24.3 Å². The minimum atomic E-state index is -0.0582. The molecule has 5 rings (SSSR count). The molecule has 6 heteroatoms. The number of benzene rings is 1. The Morgan fingerprint density at radius 1 is 0.900 bits per heavy atom. The molecule has 2 amide bonds. The molecule has 3 heterocycles. The summed E-state index contributed by atoms with van der Waals surface area (Å²) >= 11 is 0. The number of nitrogens with one attached hydrogen (secondary N) is 1. The second-order valence-corrected chi connectivity index (χ2v) is 9.47. The second kappa shape index (κ2) is 8.58. The number of hydrogen-bond acceptors (Lipinski definition) is 4. The fourth-order valence-corrected chi connectivity index (χ4v) is 5.27. The minimum absolute atomic E-state index is 0.0582. The van der Waals surface area contributed by atoms with Crippen molar-refractivity contribution in [2.45, 2.75) is 57.0 Å². The molecule has 1 N–H and O–H groups in total. The van der Waals surface area contributed by atoms with Crippen LogP contribution in [-0.2, 0) is 16.0 Å². The van der Waals surface area contributed by atoms with Crippen molar-refractivity contribution in [3.63, 3.8) is 0 Å². The van der Waals surface area contributed by atoms with Gasteiger partial charge < -0.3 is 19.9 Å². The van der Waals surface area contributed by atoms with Crippen molar-refractivity contribution in [2.75, 3.05) is 32.8 Å². The summed E-state index contributed by atoms with van der Waals surface area (Å²) in [5, 5.41) is 3.16. The van der Waals surface area contributed by atoms with Crippen molar-refractivity contribution < 1.29 is 14.3 Å². The molecule has 0 aromatic heterocycles. The first-order chi connectivity index (χ1) is 14.7. The average Bonchev–Trinajstić information content (AvgIpc) is 3.62. The van der Waals surface area contributed by atoms with Crippen LogP contribution in [0.5, 0.6) is 5.75 Å². The summed E-state index contributed by atoms with van der Waals surface area (Å²) in [6, 6.07) is 9.05. The number of piperidine rings is 2. The fraction of sp³-hybridized carbons (Fsp3) is 0.667. The Balaban J connectivity index is 1.07. The van der Waals surface area contributed by atoms with Crippen molar-refractivity contribution in [1.82, 2.24) is 15.1 Å². The van der Waals surface area contributed by atoms with Gasteiger partial charge in [0.1, 0.15) is 12.4 Å². The Morgan fingerprint density at radius 3 is 2.37 bits per heavy atom. The summed E-state index contributed by atoms with van der Waals surface area (Å²) in [4.78, 5) is 29.9. The summed E-state index contributed by atoms with van der Waals surface area (Å²) in [5.41, 5.74) is 1.14. The highest BCUT2D eigenvalue weighted by atomic mass is 16.5. The third-order valence-electron chi connectivity index (χ3n) is 7.34. The topological polar surface area (TPSA) is 61.9 Å². The highest BCUT2D eigenvalue weighted by molar-refractivity contribution is 5.80. The molecule has 1 saturated carbocycles. The number of para-hydroxylation sites is 1. The Kier molecular flexibility index (Phi) is 5.68. The van der Waals surface area contributed by atoms with Gasteiger partial charge in [-0.15, -0.1) is 0 Å². The van der Waals surface area contributed by atoms with E-state index in [1.165, 1.54) is 0 Å². The maximum Gasteiger partial charge on any atom is 0.229 e.